The fourth-order valence-electron chi connectivity index (χ4n) is 2.56. The van der Waals surface area contributed by atoms with Crippen molar-refractivity contribution in [3.63, 3.8) is 0 Å². The van der Waals surface area contributed by atoms with E-state index in [0.717, 1.165) is 16.5 Å². The molecule has 3 rings (SSSR count). The van der Waals surface area contributed by atoms with Gasteiger partial charge in [-0.15, -0.1) is 0 Å². The van der Waals surface area contributed by atoms with Crippen LogP contribution in [0.4, 0.5) is 0 Å². The molecule has 0 aliphatic heterocycles. The van der Waals surface area contributed by atoms with Crippen molar-refractivity contribution in [2.75, 3.05) is 7.05 Å². The number of nitrogens with one attached hydrogen (secondary N) is 1. The van der Waals surface area contributed by atoms with Crippen molar-refractivity contribution in [2.45, 2.75) is 13.0 Å². The van der Waals surface area contributed by atoms with Crippen LogP contribution < -0.4 is 0 Å². The SMILES string of the molecule is CC(c1ccccc1)N(C)C(=O)c1[nH]c2ccccc2c1Cl. The average Bonchev–Trinajstić information content (AvgIpc) is 2.91. The molecule has 22 heavy (non-hydrogen) atoms. The van der Waals surface area contributed by atoms with Crippen LogP contribution in [0.3, 0.4) is 0 Å². The molecule has 0 aliphatic carbocycles. The topological polar surface area (TPSA) is 36.1 Å². The van der Waals surface area contributed by atoms with Crippen molar-refractivity contribution in [1.82, 2.24) is 9.88 Å². The Hall–Kier alpha value is -2.26. The number of para-hydroxylation sites is 1. The van der Waals surface area contributed by atoms with Gasteiger partial charge >= 0.3 is 0 Å². The highest BCUT2D eigenvalue weighted by Gasteiger charge is 2.23. The minimum absolute atomic E-state index is 0.0313. The second kappa shape index (κ2) is 5.85. The van der Waals surface area contributed by atoms with Gasteiger partial charge < -0.3 is 9.88 Å². The lowest BCUT2D eigenvalue weighted by atomic mass is 10.1. The highest BCUT2D eigenvalue weighted by molar-refractivity contribution is 6.38. The zero-order valence-electron chi connectivity index (χ0n) is 12.5. The third kappa shape index (κ3) is 2.48. The Kier molecular flexibility index (Phi) is 3.90. The van der Waals surface area contributed by atoms with Crippen LogP contribution in [0.25, 0.3) is 10.9 Å². The molecule has 4 heteroatoms. The van der Waals surface area contributed by atoms with Gasteiger partial charge in [0.15, 0.2) is 0 Å². The number of nitrogens with zero attached hydrogens (tertiary/aromatic N) is 1. The van der Waals surface area contributed by atoms with Gasteiger partial charge in [0.2, 0.25) is 0 Å². The van der Waals surface area contributed by atoms with Gasteiger partial charge in [0.05, 0.1) is 11.1 Å². The zero-order valence-corrected chi connectivity index (χ0v) is 13.3. The smallest absolute Gasteiger partial charge is 0.272 e. The number of fused-ring (bicyclic) bond motifs is 1. The number of aromatic amines is 1. The van der Waals surface area contributed by atoms with E-state index >= 15 is 0 Å². The highest BCUT2D eigenvalue weighted by Crippen LogP contribution is 2.29. The van der Waals surface area contributed by atoms with E-state index in [0.29, 0.717) is 10.7 Å². The molecular weight excluding hydrogens is 296 g/mol. The first-order chi connectivity index (χ1) is 10.6. The number of benzene rings is 2. The summed E-state index contributed by atoms with van der Waals surface area (Å²) in [6.45, 7) is 2.00. The van der Waals surface area contributed by atoms with E-state index in [1.807, 2.05) is 61.5 Å². The van der Waals surface area contributed by atoms with E-state index in [9.17, 15) is 4.79 Å². The van der Waals surface area contributed by atoms with Gasteiger partial charge in [0, 0.05) is 18.0 Å². The summed E-state index contributed by atoms with van der Waals surface area (Å²) in [5.74, 6) is -0.113. The Bertz CT molecular complexity index is 810. The normalized spacial score (nSPS) is 12.3. The zero-order chi connectivity index (χ0) is 15.7. The molecule has 1 aromatic heterocycles. The summed E-state index contributed by atoms with van der Waals surface area (Å²) in [4.78, 5) is 17.6. The van der Waals surface area contributed by atoms with Crippen molar-refractivity contribution in [2.24, 2.45) is 0 Å². The predicted molar refractivity (Wildman–Crippen MR) is 90.3 cm³/mol. The lowest BCUT2D eigenvalue weighted by molar-refractivity contribution is 0.0738. The van der Waals surface area contributed by atoms with Crippen LogP contribution in [0.5, 0.6) is 0 Å². The minimum Gasteiger partial charge on any atom is -0.349 e. The van der Waals surface area contributed by atoms with Crippen LogP contribution in [0, 0.1) is 0 Å². The molecular formula is C18H17ClN2O. The summed E-state index contributed by atoms with van der Waals surface area (Å²) in [7, 11) is 1.79. The van der Waals surface area contributed by atoms with Gasteiger partial charge in [-0.05, 0) is 18.6 Å². The predicted octanol–water partition coefficient (Wildman–Crippen LogP) is 4.65. The summed E-state index contributed by atoms with van der Waals surface area (Å²) in [5.41, 5.74) is 2.40. The van der Waals surface area contributed by atoms with Crippen molar-refractivity contribution < 1.29 is 4.79 Å². The summed E-state index contributed by atoms with van der Waals surface area (Å²) in [5, 5.41) is 1.35. The molecule has 0 radical (unpaired) electrons. The van der Waals surface area contributed by atoms with Crippen LogP contribution in [0.2, 0.25) is 5.02 Å². The van der Waals surface area contributed by atoms with E-state index in [4.69, 9.17) is 11.6 Å². The number of aromatic nitrogens is 1. The molecule has 3 nitrogen and oxygen atoms in total. The highest BCUT2D eigenvalue weighted by atomic mass is 35.5. The molecule has 0 fully saturated rings. The van der Waals surface area contributed by atoms with Gasteiger partial charge in [-0.3, -0.25) is 4.79 Å². The van der Waals surface area contributed by atoms with Gasteiger partial charge in [-0.25, -0.2) is 0 Å². The number of carbonyl (C=O) groups excluding carboxylic acids is 1. The number of hydrogen-bond donors (Lipinski definition) is 1. The quantitative estimate of drug-likeness (QED) is 0.750. The van der Waals surface area contributed by atoms with Gasteiger partial charge in [-0.2, -0.15) is 0 Å². The lowest BCUT2D eigenvalue weighted by Gasteiger charge is -2.25. The first-order valence-corrected chi connectivity index (χ1v) is 7.55. The minimum atomic E-state index is -0.113. The number of carbonyl (C=O) groups is 1. The van der Waals surface area contributed by atoms with Crippen LogP contribution in [-0.4, -0.2) is 22.8 Å². The maximum absolute atomic E-state index is 12.8. The number of hydrogen-bond acceptors (Lipinski definition) is 1. The van der Waals surface area contributed by atoms with E-state index in [-0.39, 0.29) is 11.9 Å². The molecule has 1 heterocycles. The Morgan fingerprint density at radius 1 is 1.09 bits per heavy atom. The Morgan fingerprint density at radius 2 is 1.73 bits per heavy atom. The van der Waals surface area contributed by atoms with Crippen molar-refractivity contribution >= 4 is 28.4 Å². The summed E-state index contributed by atoms with van der Waals surface area (Å²) >= 11 is 6.37. The largest absolute Gasteiger partial charge is 0.349 e. The fourth-order valence-corrected chi connectivity index (χ4v) is 2.86. The molecule has 3 aromatic rings. The molecule has 112 valence electrons. The molecule has 1 N–H and O–H groups in total. The maximum atomic E-state index is 12.8. The second-order valence-electron chi connectivity index (χ2n) is 5.36. The van der Waals surface area contributed by atoms with E-state index in [1.54, 1.807) is 11.9 Å². The van der Waals surface area contributed by atoms with E-state index < -0.39 is 0 Å². The van der Waals surface area contributed by atoms with E-state index in [2.05, 4.69) is 4.98 Å². The molecule has 1 unspecified atom stereocenters. The van der Waals surface area contributed by atoms with Crippen molar-refractivity contribution in [3.8, 4) is 0 Å². The Balaban J connectivity index is 1.93. The monoisotopic (exact) mass is 312 g/mol. The molecule has 0 bridgehead atoms. The van der Waals surface area contributed by atoms with Crippen LogP contribution >= 0.6 is 11.6 Å². The van der Waals surface area contributed by atoms with Gasteiger partial charge in [-0.1, -0.05) is 60.1 Å². The van der Waals surface area contributed by atoms with Gasteiger partial charge in [0.1, 0.15) is 5.69 Å². The molecule has 1 amide bonds. The fraction of sp³-hybridized carbons (Fsp3) is 0.167. The Labute approximate surface area is 134 Å². The number of halogens is 1. The maximum Gasteiger partial charge on any atom is 0.272 e. The molecule has 0 spiro atoms. The van der Waals surface area contributed by atoms with Crippen LogP contribution in [-0.2, 0) is 0 Å². The molecule has 2 aromatic carbocycles. The molecule has 1 atom stereocenters. The summed E-state index contributed by atoms with van der Waals surface area (Å²) < 4.78 is 0. The second-order valence-corrected chi connectivity index (χ2v) is 5.74. The number of amides is 1. The molecule has 0 saturated carbocycles. The van der Waals surface area contributed by atoms with Crippen molar-refractivity contribution in [3.05, 3.63) is 70.9 Å². The molecule has 0 saturated heterocycles. The van der Waals surface area contributed by atoms with Crippen molar-refractivity contribution in [1.29, 1.82) is 0 Å². The average molecular weight is 313 g/mol. The number of rotatable bonds is 3. The van der Waals surface area contributed by atoms with Crippen LogP contribution in [0.1, 0.15) is 29.0 Å². The summed E-state index contributed by atoms with van der Waals surface area (Å²) in [6.07, 6.45) is 0. The standard InChI is InChI=1S/C18H17ClN2O/c1-12(13-8-4-3-5-9-13)21(2)18(22)17-16(19)14-10-6-7-11-15(14)20-17/h3-12,20H,1-2H3. The van der Waals surface area contributed by atoms with E-state index in [1.165, 1.54) is 0 Å². The summed E-state index contributed by atoms with van der Waals surface area (Å²) in [6, 6.07) is 17.6. The number of H-pyrrole nitrogens is 1. The third-order valence-electron chi connectivity index (χ3n) is 4.04. The Morgan fingerprint density at radius 3 is 2.41 bits per heavy atom. The third-order valence-corrected chi connectivity index (χ3v) is 4.43. The first kappa shape index (κ1) is 14.7. The first-order valence-electron chi connectivity index (χ1n) is 7.18. The van der Waals surface area contributed by atoms with Crippen LogP contribution in [0.15, 0.2) is 54.6 Å². The molecule has 0 aliphatic rings. The van der Waals surface area contributed by atoms with Gasteiger partial charge in [0.25, 0.3) is 5.91 Å². The lowest BCUT2D eigenvalue weighted by Crippen LogP contribution is -2.30.